The second-order valence-electron chi connectivity index (χ2n) is 7.74. The van der Waals surface area contributed by atoms with Crippen LogP contribution >= 0.6 is 0 Å². The molecule has 0 atom stereocenters. The fourth-order valence-corrected chi connectivity index (χ4v) is 4.00. The molecule has 1 fully saturated rings. The highest BCUT2D eigenvalue weighted by Crippen LogP contribution is 2.28. The summed E-state index contributed by atoms with van der Waals surface area (Å²) >= 11 is 0. The molecule has 2 aromatic carbocycles. The summed E-state index contributed by atoms with van der Waals surface area (Å²) in [5, 5.41) is 11.5. The molecule has 1 aliphatic heterocycles. The number of phenols is 1. The van der Waals surface area contributed by atoms with Gasteiger partial charge in [0.05, 0.1) is 11.6 Å². The molecule has 0 spiro atoms. The first-order valence-corrected chi connectivity index (χ1v) is 10.1. The van der Waals surface area contributed by atoms with Gasteiger partial charge in [-0.25, -0.2) is 15.0 Å². The Morgan fingerprint density at radius 1 is 1.18 bits per heavy atom. The van der Waals surface area contributed by atoms with E-state index in [0.29, 0.717) is 24.2 Å². The summed E-state index contributed by atoms with van der Waals surface area (Å²) < 4.78 is 1.23. The van der Waals surface area contributed by atoms with Gasteiger partial charge >= 0.3 is 0 Å². The number of carbonyl (C=O) groups is 2. The maximum atomic E-state index is 13.4. The van der Waals surface area contributed by atoms with Crippen molar-refractivity contribution in [3.05, 3.63) is 77.3 Å². The molecule has 1 saturated heterocycles. The van der Waals surface area contributed by atoms with Gasteiger partial charge in [0, 0.05) is 24.5 Å². The third-order valence-corrected chi connectivity index (χ3v) is 5.69. The molecule has 3 heterocycles. The molecule has 0 bridgehead atoms. The van der Waals surface area contributed by atoms with Crippen molar-refractivity contribution in [1.82, 2.24) is 24.4 Å². The van der Waals surface area contributed by atoms with E-state index in [4.69, 9.17) is 5.73 Å². The number of likely N-dealkylation sites (tertiary alicyclic amines) is 1. The summed E-state index contributed by atoms with van der Waals surface area (Å²) in [6, 6.07) is 10.3. The van der Waals surface area contributed by atoms with Gasteiger partial charge in [-0.1, -0.05) is 30.8 Å². The van der Waals surface area contributed by atoms with Crippen molar-refractivity contribution in [2.45, 2.75) is 5.92 Å². The lowest BCUT2D eigenvalue weighted by molar-refractivity contribution is -0.130. The predicted octanol–water partition coefficient (Wildman–Crippen LogP) is 1.25. The zero-order valence-electron chi connectivity index (χ0n) is 17.3. The van der Waals surface area contributed by atoms with E-state index in [-0.39, 0.29) is 40.1 Å². The van der Waals surface area contributed by atoms with Crippen LogP contribution in [0, 0.1) is 0 Å². The molecule has 2 amide bonds. The van der Waals surface area contributed by atoms with E-state index in [2.05, 4.69) is 21.5 Å². The van der Waals surface area contributed by atoms with Crippen LogP contribution in [0.25, 0.3) is 27.5 Å². The number of primary amides is 1. The standard InChI is InChI=1S/C23H18N6O4/c1-2-17(31)28-9-13(10-28)21-26-19(20(24)32)18-22(27-21)25-11-29(23(18)33)16-8-14(30)7-12-5-3-4-6-15(12)16/h2-8,11,13,30H,1,9-10H2,(H2,24,32). The lowest BCUT2D eigenvalue weighted by Crippen LogP contribution is -2.48. The smallest absolute Gasteiger partial charge is 0.269 e. The molecule has 164 valence electrons. The summed E-state index contributed by atoms with van der Waals surface area (Å²) in [5.41, 5.74) is 5.15. The average Bonchev–Trinajstić information content (AvgIpc) is 2.77. The largest absolute Gasteiger partial charge is 0.508 e. The van der Waals surface area contributed by atoms with E-state index >= 15 is 0 Å². The van der Waals surface area contributed by atoms with Crippen LogP contribution in [0.4, 0.5) is 0 Å². The van der Waals surface area contributed by atoms with Crippen LogP contribution in [-0.4, -0.2) is 54.4 Å². The highest BCUT2D eigenvalue weighted by atomic mass is 16.3. The maximum absolute atomic E-state index is 13.4. The Labute approximate surface area is 186 Å². The van der Waals surface area contributed by atoms with E-state index in [1.54, 1.807) is 17.0 Å². The first kappa shape index (κ1) is 20.3. The Morgan fingerprint density at radius 3 is 2.67 bits per heavy atom. The minimum atomic E-state index is -0.889. The van der Waals surface area contributed by atoms with Crippen LogP contribution in [0.3, 0.4) is 0 Å². The molecule has 5 rings (SSSR count). The zero-order chi connectivity index (χ0) is 23.3. The maximum Gasteiger partial charge on any atom is 0.269 e. The Morgan fingerprint density at radius 2 is 1.94 bits per heavy atom. The molecule has 2 aromatic heterocycles. The summed E-state index contributed by atoms with van der Waals surface area (Å²) in [7, 11) is 0. The molecule has 0 unspecified atom stereocenters. The van der Waals surface area contributed by atoms with Gasteiger partial charge in [-0.2, -0.15) is 0 Å². The second kappa shape index (κ2) is 7.52. The molecule has 3 N–H and O–H groups in total. The SMILES string of the molecule is C=CC(=O)N1CC(c2nc(C(N)=O)c3c(=O)n(-c4cc(O)cc5ccccc45)cnc3n2)C1. The summed E-state index contributed by atoms with van der Waals surface area (Å²) in [5.74, 6) is -1.05. The number of benzene rings is 2. The summed E-state index contributed by atoms with van der Waals surface area (Å²) in [6.45, 7) is 4.18. The van der Waals surface area contributed by atoms with Gasteiger partial charge in [-0.15, -0.1) is 0 Å². The van der Waals surface area contributed by atoms with Gasteiger partial charge in [0.1, 0.15) is 29.0 Å². The Balaban J connectivity index is 1.67. The van der Waals surface area contributed by atoms with Gasteiger partial charge in [-0.05, 0) is 17.5 Å². The second-order valence-corrected chi connectivity index (χ2v) is 7.74. The van der Waals surface area contributed by atoms with Crippen molar-refractivity contribution in [3.63, 3.8) is 0 Å². The van der Waals surface area contributed by atoms with E-state index in [9.17, 15) is 19.5 Å². The molecule has 10 heteroatoms. The Bertz CT molecular complexity index is 1540. The van der Waals surface area contributed by atoms with Crippen LogP contribution in [0.1, 0.15) is 22.2 Å². The van der Waals surface area contributed by atoms with Crippen LogP contribution in [0.15, 0.2) is 60.2 Å². The lowest BCUT2D eigenvalue weighted by Gasteiger charge is -2.37. The van der Waals surface area contributed by atoms with E-state index in [0.717, 1.165) is 5.39 Å². The van der Waals surface area contributed by atoms with Gasteiger partial charge in [0.25, 0.3) is 11.5 Å². The van der Waals surface area contributed by atoms with E-state index < -0.39 is 11.5 Å². The van der Waals surface area contributed by atoms with E-state index in [1.807, 2.05) is 18.2 Å². The van der Waals surface area contributed by atoms with Crippen molar-refractivity contribution in [3.8, 4) is 11.4 Å². The Hall–Kier alpha value is -4.60. The fourth-order valence-electron chi connectivity index (χ4n) is 4.00. The van der Waals surface area contributed by atoms with Gasteiger partial charge in [0.2, 0.25) is 5.91 Å². The van der Waals surface area contributed by atoms with Crippen molar-refractivity contribution < 1.29 is 14.7 Å². The molecule has 4 aromatic rings. The van der Waals surface area contributed by atoms with Crippen LogP contribution in [0.2, 0.25) is 0 Å². The number of aromatic nitrogens is 4. The summed E-state index contributed by atoms with van der Waals surface area (Å²) in [6.07, 6.45) is 2.52. The van der Waals surface area contributed by atoms with Gasteiger partial charge in [-0.3, -0.25) is 19.0 Å². The van der Waals surface area contributed by atoms with Crippen molar-refractivity contribution in [2.75, 3.05) is 13.1 Å². The number of nitrogens with zero attached hydrogens (tertiary/aromatic N) is 5. The number of hydrogen-bond donors (Lipinski definition) is 2. The molecule has 10 nitrogen and oxygen atoms in total. The number of aromatic hydroxyl groups is 1. The average molecular weight is 442 g/mol. The van der Waals surface area contributed by atoms with Crippen molar-refractivity contribution >= 4 is 33.6 Å². The normalized spacial score (nSPS) is 13.8. The van der Waals surface area contributed by atoms with Gasteiger partial charge in [0.15, 0.2) is 5.65 Å². The lowest BCUT2D eigenvalue weighted by atomic mass is 9.98. The first-order valence-electron chi connectivity index (χ1n) is 10.1. The predicted molar refractivity (Wildman–Crippen MR) is 120 cm³/mol. The van der Waals surface area contributed by atoms with Crippen LogP contribution in [-0.2, 0) is 4.79 Å². The number of nitrogens with two attached hydrogens (primary N) is 1. The monoisotopic (exact) mass is 442 g/mol. The third kappa shape index (κ3) is 3.28. The third-order valence-electron chi connectivity index (χ3n) is 5.69. The quantitative estimate of drug-likeness (QED) is 0.453. The fraction of sp³-hybridized carbons (Fsp3) is 0.130. The number of carbonyl (C=O) groups excluding carboxylic acids is 2. The number of phenolic OH excluding ortho intramolecular Hbond substituents is 1. The molecule has 0 saturated carbocycles. The highest BCUT2D eigenvalue weighted by Gasteiger charge is 2.34. The molecular formula is C23H18N6O4. The first-order chi connectivity index (χ1) is 15.9. The molecule has 0 aliphatic carbocycles. The molecule has 0 radical (unpaired) electrons. The molecule has 1 aliphatic rings. The van der Waals surface area contributed by atoms with E-state index in [1.165, 1.54) is 23.0 Å². The molecule has 33 heavy (non-hydrogen) atoms. The molecular weight excluding hydrogens is 424 g/mol. The minimum absolute atomic E-state index is 0.0268. The minimum Gasteiger partial charge on any atom is -0.508 e. The van der Waals surface area contributed by atoms with Crippen molar-refractivity contribution in [2.24, 2.45) is 5.73 Å². The number of hydrogen-bond acceptors (Lipinski definition) is 7. The topological polar surface area (TPSA) is 144 Å². The van der Waals surface area contributed by atoms with Gasteiger partial charge < -0.3 is 15.7 Å². The zero-order valence-corrected chi connectivity index (χ0v) is 17.3. The van der Waals surface area contributed by atoms with Crippen molar-refractivity contribution in [1.29, 1.82) is 0 Å². The highest BCUT2D eigenvalue weighted by molar-refractivity contribution is 6.02. The number of amides is 2. The number of fused-ring (bicyclic) bond motifs is 2. The van der Waals surface area contributed by atoms with Crippen LogP contribution < -0.4 is 11.3 Å². The number of rotatable bonds is 4. The summed E-state index contributed by atoms with van der Waals surface area (Å²) in [4.78, 5) is 51.9. The Kier molecular flexibility index (Phi) is 4.63. The van der Waals surface area contributed by atoms with Crippen LogP contribution in [0.5, 0.6) is 5.75 Å².